The van der Waals surface area contributed by atoms with Gasteiger partial charge in [0.05, 0.1) is 0 Å². The van der Waals surface area contributed by atoms with Crippen LogP contribution in [-0.4, -0.2) is 23.1 Å². The third-order valence-corrected chi connectivity index (χ3v) is 3.90. The zero-order chi connectivity index (χ0) is 12.4. The molecule has 1 heterocycles. The van der Waals surface area contributed by atoms with Crippen molar-refractivity contribution in [1.82, 2.24) is 4.90 Å². The van der Waals surface area contributed by atoms with Crippen LogP contribution < -0.4 is 0 Å². The van der Waals surface area contributed by atoms with Crippen molar-refractivity contribution in [3.8, 4) is 5.75 Å². The molecule has 90 valence electrons. The van der Waals surface area contributed by atoms with Gasteiger partial charge in [0.15, 0.2) is 0 Å². The maximum absolute atomic E-state index is 9.99. The highest BCUT2D eigenvalue weighted by molar-refractivity contribution is 9.10. The largest absolute Gasteiger partial charge is 0.508 e. The van der Waals surface area contributed by atoms with Gasteiger partial charge in [-0.25, -0.2) is 0 Å². The number of benzene rings is 1. The zero-order valence-corrected chi connectivity index (χ0v) is 11.3. The lowest BCUT2D eigenvalue weighted by atomic mass is 9.89. The van der Waals surface area contributed by atoms with Crippen LogP contribution in [0.3, 0.4) is 0 Å². The summed E-state index contributed by atoms with van der Waals surface area (Å²) >= 11 is 3.55. The van der Waals surface area contributed by atoms with E-state index in [4.69, 9.17) is 0 Å². The molecule has 1 aromatic carbocycles. The molecular formula is C14H16BrNO. The van der Waals surface area contributed by atoms with Crippen LogP contribution >= 0.6 is 15.9 Å². The standard InChI is InChI=1S/C14H16BrNO/c1-3-7-16-8-10(4-2)14-11(9-16)12(15)5-6-13(14)17/h3-6,10,17H,1-2,7-9H2/t10-/m0/s1. The van der Waals surface area contributed by atoms with Gasteiger partial charge in [0.25, 0.3) is 0 Å². The Labute approximate surface area is 110 Å². The van der Waals surface area contributed by atoms with Gasteiger partial charge in [-0.15, -0.1) is 13.2 Å². The van der Waals surface area contributed by atoms with Crippen LogP contribution in [0.25, 0.3) is 0 Å². The summed E-state index contributed by atoms with van der Waals surface area (Å²) in [5.74, 6) is 0.544. The number of aromatic hydroxyl groups is 1. The molecule has 1 atom stereocenters. The molecular weight excluding hydrogens is 278 g/mol. The first-order chi connectivity index (χ1) is 8.17. The molecule has 3 heteroatoms. The zero-order valence-electron chi connectivity index (χ0n) is 9.69. The molecule has 0 fully saturated rings. The summed E-state index contributed by atoms with van der Waals surface area (Å²) < 4.78 is 1.05. The normalized spacial score (nSPS) is 19.7. The third-order valence-electron chi connectivity index (χ3n) is 3.16. The van der Waals surface area contributed by atoms with Gasteiger partial charge in [-0.2, -0.15) is 0 Å². The number of hydrogen-bond donors (Lipinski definition) is 1. The van der Waals surface area contributed by atoms with Crippen molar-refractivity contribution in [3.05, 3.63) is 53.0 Å². The summed E-state index contributed by atoms with van der Waals surface area (Å²) in [5, 5.41) is 9.99. The Balaban J connectivity index is 2.46. The average molecular weight is 294 g/mol. The SMILES string of the molecule is C=CCN1Cc2c(Br)ccc(O)c2[C@@H](C=C)C1. The molecule has 1 aliphatic heterocycles. The number of halogens is 1. The molecule has 1 aromatic rings. The lowest BCUT2D eigenvalue weighted by molar-refractivity contribution is 0.264. The minimum atomic E-state index is 0.177. The first kappa shape index (κ1) is 12.4. The number of rotatable bonds is 3. The van der Waals surface area contributed by atoms with E-state index in [1.54, 1.807) is 6.07 Å². The highest BCUT2D eigenvalue weighted by Crippen LogP contribution is 2.39. The van der Waals surface area contributed by atoms with Crippen LogP contribution in [0.5, 0.6) is 5.75 Å². The van der Waals surface area contributed by atoms with Crippen molar-refractivity contribution in [1.29, 1.82) is 0 Å². The quantitative estimate of drug-likeness (QED) is 0.863. The van der Waals surface area contributed by atoms with Gasteiger partial charge >= 0.3 is 0 Å². The molecule has 0 saturated carbocycles. The van der Waals surface area contributed by atoms with Gasteiger partial charge in [-0.3, -0.25) is 4.90 Å². The summed E-state index contributed by atoms with van der Waals surface area (Å²) in [6, 6.07) is 3.63. The van der Waals surface area contributed by atoms with Crippen LogP contribution in [0.4, 0.5) is 0 Å². The summed E-state index contributed by atoms with van der Waals surface area (Å²) in [4.78, 5) is 2.30. The molecule has 0 unspecified atom stereocenters. The molecule has 0 bridgehead atoms. The summed E-state index contributed by atoms with van der Waals surface area (Å²) in [6.45, 7) is 10.2. The Kier molecular flexibility index (Phi) is 3.69. The summed E-state index contributed by atoms with van der Waals surface area (Å²) in [7, 11) is 0. The van der Waals surface area contributed by atoms with Crippen molar-refractivity contribution in [3.63, 3.8) is 0 Å². The minimum Gasteiger partial charge on any atom is -0.508 e. The first-order valence-corrected chi connectivity index (χ1v) is 6.42. The predicted molar refractivity (Wildman–Crippen MR) is 74.2 cm³/mol. The Morgan fingerprint density at radius 1 is 1.47 bits per heavy atom. The molecule has 1 N–H and O–H groups in total. The number of nitrogens with zero attached hydrogens (tertiary/aromatic N) is 1. The monoisotopic (exact) mass is 293 g/mol. The molecule has 2 nitrogen and oxygen atoms in total. The van der Waals surface area contributed by atoms with Crippen molar-refractivity contribution in [2.75, 3.05) is 13.1 Å². The Morgan fingerprint density at radius 3 is 2.88 bits per heavy atom. The molecule has 0 aliphatic carbocycles. The van der Waals surface area contributed by atoms with E-state index in [0.717, 1.165) is 35.2 Å². The van der Waals surface area contributed by atoms with Gasteiger partial charge in [-0.1, -0.05) is 28.1 Å². The fourth-order valence-corrected chi connectivity index (χ4v) is 2.84. The van der Waals surface area contributed by atoms with Gasteiger partial charge in [0.2, 0.25) is 0 Å². The minimum absolute atomic E-state index is 0.177. The fourth-order valence-electron chi connectivity index (χ4n) is 2.37. The topological polar surface area (TPSA) is 23.5 Å². The molecule has 17 heavy (non-hydrogen) atoms. The van der Waals surface area contributed by atoms with Crippen LogP contribution in [0.15, 0.2) is 41.9 Å². The molecule has 1 aliphatic rings. The lowest BCUT2D eigenvalue weighted by Crippen LogP contribution is -2.33. The average Bonchev–Trinajstić information content (AvgIpc) is 2.33. The second-order valence-electron chi connectivity index (χ2n) is 4.28. The maximum Gasteiger partial charge on any atom is 0.119 e. The van der Waals surface area contributed by atoms with Crippen LogP contribution in [-0.2, 0) is 6.54 Å². The van der Waals surface area contributed by atoms with Gasteiger partial charge < -0.3 is 5.11 Å². The lowest BCUT2D eigenvalue weighted by Gasteiger charge is -2.33. The highest BCUT2D eigenvalue weighted by Gasteiger charge is 2.26. The van der Waals surface area contributed by atoms with E-state index in [0.29, 0.717) is 5.75 Å². The predicted octanol–water partition coefficient (Wildman–Crippen LogP) is 3.43. The van der Waals surface area contributed by atoms with E-state index in [1.807, 2.05) is 18.2 Å². The van der Waals surface area contributed by atoms with Gasteiger partial charge in [0.1, 0.15) is 5.75 Å². The molecule has 0 radical (unpaired) electrons. The molecule has 2 rings (SSSR count). The summed E-state index contributed by atoms with van der Waals surface area (Å²) in [5.41, 5.74) is 2.16. The second-order valence-corrected chi connectivity index (χ2v) is 5.14. The van der Waals surface area contributed by atoms with Gasteiger partial charge in [-0.05, 0) is 17.7 Å². The first-order valence-electron chi connectivity index (χ1n) is 5.63. The Bertz CT molecular complexity index is 456. The van der Waals surface area contributed by atoms with Crippen molar-refractivity contribution in [2.45, 2.75) is 12.5 Å². The van der Waals surface area contributed by atoms with Crippen LogP contribution in [0.2, 0.25) is 0 Å². The molecule has 0 spiro atoms. The van der Waals surface area contributed by atoms with Crippen molar-refractivity contribution in [2.24, 2.45) is 0 Å². The van der Waals surface area contributed by atoms with Crippen molar-refractivity contribution < 1.29 is 5.11 Å². The van der Waals surface area contributed by atoms with Crippen LogP contribution in [0.1, 0.15) is 17.0 Å². The molecule has 0 amide bonds. The summed E-state index contributed by atoms with van der Waals surface area (Å²) in [6.07, 6.45) is 3.81. The van der Waals surface area contributed by atoms with Crippen LogP contribution in [0, 0.1) is 0 Å². The van der Waals surface area contributed by atoms with E-state index in [-0.39, 0.29) is 5.92 Å². The Morgan fingerprint density at radius 2 is 2.24 bits per heavy atom. The second kappa shape index (κ2) is 5.07. The van der Waals surface area contributed by atoms with Crippen molar-refractivity contribution >= 4 is 15.9 Å². The smallest absolute Gasteiger partial charge is 0.119 e. The highest BCUT2D eigenvalue weighted by atomic mass is 79.9. The molecule has 0 aromatic heterocycles. The number of phenols is 1. The van der Waals surface area contributed by atoms with E-state index in [1.165, 1.54) is 0 Å². The van der Waals surface area contributed by atoms with E-state index in [2.05, 4.69) is 34.0 Å². The third kappa shape index (κ3) is 2.31. The van der Waals surface area contributed by atoms with E-state index >= 15 is 0 Å². The number of phenolic OH excluding ortho intramolecular Hbond substituents is 1. The van der Waals surface area contributed by atoms with E-state index < -0.39 is 0 Å². The number of fused-ring (bicyclic) bond motifs is 1. The number of hydrogen-bond acceptors (Lipinski definition) is 2. The van der Waals surface area contributed by atoms with E-state index in [9.17, 15) is 5.11 Å². The maximum atomic E-state index is 9.99. The van der Waals surface area contributed by atoms with Gasteiger partial charge in [0, 0.05) is 35.6 Å². The molecule has 0 saturated heterocycles. The Hall–Kier alpha value is -1.06. The fraction of sp³-hybridized carbons (Fsp3) is 0.286.